The average molecular weight is 513 g/mol. The van der Waals surface area contributed by atoms with Crippen molar-refractivity contribution in [3.63, 3.8) is 0 Å². The molecule has 8 nitrogen and oxygen atoms in total. The van der Waals surface area contributed by atoms with Gasteiger partial charge in [0.1, 0.15) is 6.33 Å². The highest BCUT2D eigenvalue weighted by Crippen LogP contribution is 2.30. The van der Waals surface area contributed by atoms with Crippen molar-refractivity contribution in [1.29, 1.82) is 0 Å². The summed E-state index contributed by atoms with van der Waals surface area (Å²) in [6.07, 6.45) is -1.31. The molecule has 198 valence electrons. The fourth-order valence-electron chi connectivity index (χ4n) is 4.40. The van der Waals surface area contributed by atoms with E-state index in [1.54, 1.807) is 4.90 Å². The zero-order chi connectivity index (χ0) is 26.3. The molecule has 0 bridgehead atoms. The van der Waals surface area contributed by atoms with E-state index in [1.807, 2.05) is 11.8 Å². The molecule has 2 aromatic rings. The second-order valence-corrected chi connectivity index (χ2v) is 8.86. The van der Waals surface area contributed by atoms with Crippen LogP contribution < -0.4 is 16.0 Å². The van der Waals surface area contributed by atoms with Crippen LogP contribution in [0.1, 0.15) is 37.3 Å². The number of rotatable bonds is 11. The number of nitrogens with two attached hydrogens (primary N) is 1. The predicted molar refractivity (Wildman–Crippen MR) is 128 cm³/mol. The topological polar surface area (TPSA) is 108 Å². The first-order valence-electron chi connectivity index (χ1n) is 11.9. The number of hydrogen-bond acceptors (Lipinski definition) is 7. The van der Waals surface area contributed by atoms with Gasteiger partial charge in [0.05, 0.1) is 11.6 Å². The second-order valence-electron chi connectivity index (χ2n) is 8.86. The minimum Gasteiger partial charge on any atom is -0.396 e. The first kappa shape index (κ1) is 27.6. The van der Waals surface area contributed by atoms with Crippen LogP contribution in [0.15, 0.2) is 30.6 Å². The third kappa shape index (κ3) is 7.03. The molecule has 4 N–H and O–H groups in total. The van der Waals surface area contributed by atoms with Crippen LogP contribution >= 0.6 is 0 Å². The number of alkyl halides is 3. The molecule has 36 heavy (non-hydrogen) atoms. The van der Waals surface area contributed by atoms with Gasteiger partial charge in [0.15, 0.2) is 11.6 Å². The lowest BCUT2D eigenvalue weighted by Gasteiger charge is -2.36. The highest BCUT2D eigenvalue weighted by atomic mass is 19.4. The van der Waals surface area contributed by atoms with Crippen LogP contribution in [0.2, 0.25) is 0 Å². The minimum atomic E-state index is -4.41. The number of likely N-dealkylation sites (tertiary alicyclic amines) is 1. The van der Waals surface area contributed by atoms with Gasteiger partial charge >= 0.3 is 6.18 Å². The number of piperidine rings is 1. The van der Waals surface area contributed by atoms with Crippen LogP contribution in [0.5, 0.6) is 0 Å². The van der Waals surface area contributed by atoms with E-state index in [1.165, 1.54) is 18.5 Å². The van der Waals surface area contributed by atoms with E-state index in [4.69, 9.17) is 5.73 Å². The number of nitrogens with one attached hydrogen (secondary N) is 1. The second kappa shape index (κ2) is 12.3. The zero-order valence-electron chi connectivity index (χ0n) is 20.1. The first-order valence-corrected chi connectivity index (χ1v) is 11.9. The number of aliphatic hydroxyl groups excluding tert-OH is 1. The summed E-state index contributed by atoms with van der Waals surface area (Å²) in [6.45, 7) is 4.05. The summed E-state index contributed by atoms with van der Waals surface area (Å²) in [4.78, 5) is 23.4. The number of anilines is 2. The van der Waals surface area contributed by atoms with Crippen LogP contribution in [0.25, 0.3) is 0 Å². The maximum atomic E-state index is 15.3. The van der Waals surface area contributed by atoms with Crippen LogP contribution in [0.4, 0.5) is 29.2 Å². The molecule has 1 unspecified atom stereocenters. The van der Waals surface area contributed by atoms with Crippen LogP contribution in [0.3, 0.4) is 0 Å². The van der Waals surface area contributed by atoms with Gasteiger partial charge in [-0.2, -0.15) is 17.6 Å². The largest absolute Gasteiger partial charge is 0.416 e. The number of hydrogen-bond donors (Lipinski definition) is 3. The van der Waals surface area contributed by atoms with Crippen molar-refractivity contribution in [2.75, 3.05) is 43.0 Å². The monoisotopic (exact) mass is 512 g/mol. The summed E-state index contributed by atoms with van der Waals surface area (Å²) in [5.74, 6) is -0.717. The molecule has 0 aliphatic carbocycles. The molecule has 1 aromatic heterocycles. The average Bonchev–Trinajstić information content (AvgIpc) is 2.85. The van der Waals surface area contributed by atoms with E-state index in [-0.39, 0.29) is 30.7 Å². The van der Waals surface area contributed by atoms with E-state index in [2.05, 4.69) is 15.3 Å². The number of halogens is 4. The fraction of sp³-hybridized carbons (Fsp3) is 0.542. The standard InChI is InChI=1S/C24H32F4N6O2/c1-2-33(14-17-3-5-18(6-4-17)24(26,27)28)23-20(25)22(31-15-32-23)30-13-16-7-10-34(11-8-16)19(9-12-35)21(29)36/h3-6,15-16,19,35H,2,7-14H2,1H3,(H2,29,36)(H,30,31,32). The Morgan fingerprint density at radius 3 is 2.47 bits per heavy atom. The maximum absolute atomic E-state index is 15.3. The molecule has 0 spiro atoms. The van der Waals surface area contributed by atoms with Gasteiger partial charge in [-0.25, -0.2) is 9.97 Å². The van der Waals surface area contributed by atoms with Gasteiger partial charge in [0, 0.05) is 26.2 Å². The van der Waals surface area contributed by atoms with Gasteiger partial charge in [0.2, 0.25) is 11.7 Å². The Hall–Kier alpha value is -2.99. The summed E-state index contributed by atoms with van der Waals surface area (Å²) >= 11 is 0. The van der Waals surface area contributed by atoms with E-state index in [0.717, 1.165) is 25.0 Å². The Labute approximate surface area is 207 Å². The smallest absolute Gasteiger partial charge is 0.396 e. The zero-order valence-corrected chi connectivity index (χ0v) is 20.1. The molecule has 1 aliphatic rings. The van der Waals surface area contributed by atoms with Crippen molar-refractivity contribution >= 4 is 17.5 Å². The number of amides is 1. The third-order valence-corrected chi connectivity index (χ3v) is 6.49. The van der Waals surface area contributed by atoms with Gasteiger partial charge in [-0.1, -0.05) is 12.1 Å². The van der Waals surface area contributed by atoms with Crippen molar-refractivity contribution < 1.29 is 27.5 Å². The van der Waals surface area contributed by atoms with Gasteiger partial charge in [0.25, 0.3) is 0 Å². The van der Waals surface area contributed by atoms with Gasteiger partial charge in [-0.15, -0.1) is 0 Å². The van der Waals surface area contributed by atoms with Gasteiger partial charge in [-0.05, 0) is 62.9 Å². The lowest BCUT2D eigenvalue weighted by Crippen LogP contribution is -2.49. The molecule has 1 saturated heterocycles. The van der Waals surface area contributed by atoms with E-state index in [9.17, 15) is 23.1 Å². The summed E-state index contributed by atoms with van der Waals surface area (Å²) < 4.78 is 53.7. The fourth-order valence-corrected chi connectivity index (χ4v) is 4.40. The maximum Gasteiger partial charge on any atom is 0.416 e. The lowest BCUT2D eigenvalue weighted by molar-refractivity contribution is -0.137. The molecule has 1 atom stereocenters. The number of nitrogens with zero attached hydrogens (tertiary/aromatic N) is 4. The molecular weight excluding hydrogens is 480 g/mol. The van der Waals surface area contributed by atoms with E-state index >= 15 is 4.39 Å². The number of aromatic nitrogens is 2. The van der Waals surface area contributed by atoms with Crippen molar-refractivity contribution in [2.24, 2.45) is 11.7 Å². The highest BCUT2D eigenvalue weighted by molar-refractivity contribution is 5.79. The SMILES string of the molecule is CCN(Cc1ccc(C(F)(F)F)cc1)c1ncnc(NCC2CCN(C(CCO)C(N)=O)CC2)c1F. The van der Waals surface area contributed by atoms with Crippen molar-refractivity contribution in [1.82, 2.24) is 14.9 Å². The number of primary amides is 1. The van der Waals surface area contributed by atoms with Crippen molar-refractivity contribution in [3.8, 4) is 0 Å². The predicted octanol–water partition coefficient (Wildman–Crippen LogP) is 3.02. The Bertz CT molecular complexity index is 997. The molecule has 1 fully saturated rings. The molecule has 1 amide bonds. The Morgan fingerprint density at radius 2 is 1.92 bits per heavy atom. The molecule has 2 heterocycles. The lowest BCUT2D eigenvalue weighted by atomic mass is 9.95. The molecule has 1 aliphatic heterocycles. The Kier molecular flexibility index (Phi) is 9.43. The van der Waals surface area contributed by atoms with Crippen LogP contribution in [0, 0.1) is 11.7 Å². The number of aliphatic hydroxyl groups is 1. The molecule has 12 heteroatoms. The van der Waals surface area contributed by atoms with Crippen LogP contribution in [-0.2, 0) is 17.5 Å². The van der Waals surface area contributed by atoms with E-state index in [0.29, 0.717) is 38.2 Å². The minimum absolute atomic E-state index is 0.0589. The summed E-state index contributed by atoms with van der Waals surface area (Å²) in [5.41, 5.74) is 5.31. The normalized spacial score (nSPS) is 16.1. The van der Waals surface area contributed by atoms with E-state index < -0.39 is 29.5 Å². The third-order valence-electron chi connectivity index (χ3n) is 6.49. The molecule has 3 rings (SSSR count). The summed E-state index contributed by atoms with van der Waals surface area (Å²) in [6, 6.07) is 4.27. The summed E-state index contributed by atoms with van der Waals surface area (Å²) in [7, 11) is 0. The highest BCUT2D eigenvalue weighted by Gasteiger charge is 2.30. The number of carbonyl (C=O) groups excluding carboxylic acids is 1. The van der Waals surface area contributed by atoms with Crippen LogP contribution in [-0.4, -0.2) is 64.7 Å². The molecule has 0 saturated carbocycles. The van der Waals surface area contributed by atoms with Crippen molar-refractivity contribution in [2.45, 2.75) is 44.9 Å². The number of benzene rings is 1. The molecule has 1 aromatic carbocycles. The van der Waals surface area contributed by atoms with Gasteiger partial charge in [-0.3, -0.25) is 9.69 Å². The van der Waals surface area contributed by atoms with Gasteiger partial charge < -0.3 is 21.1 Å². The molecule has 0 radical (unpaired) electrons. The quantitative estimate of drug-likeness (QED) is 0.397. The Morgan fingerprint density at radius 1 is 1.25 bits per heavy atom. The number of carbonyl (C=O) groups is 1. The van der Waals surface area contributed by atoms with Crippen molar-refractivity contribution in [3.05, 3.63) is 47.5 Å². The Balaban J connectivity index is 1.60. The first-order chi connectivity index (χ1) is 17.1. The summed E-state index contributed by atoms with van der Waals surface area (Å²) in [5, 5.41) is 12.2. The molecular formula is C24H32F4N6O2.